The lowest BCUT2D eigenvalue weighted by Crippen LogP contribution is -2.46. The van der Waals surface area contributed by atoms with Gasteiger partial charge in [0.2, 0.25) is 0 Å². The Hall–Kier alpha value is -0.610. The van der Waals surface area contributed by atoms with Gasteiger partial charge in [0.15, 0.2) is 0 Å². The Kier molecular flexibility index (Phi) is 3.82. The van der Waals surface area contributed by atoms with Gasteiger partial charge >= 0.3 is 5.97 Å². The van der Waals surface area contributed by atoms with Crippen molar-refractivity contribution in [1.29, 1.82) is 0 Å². The fourth-order valence-electron chi connectivity index (χ4n) is 2.50. The second-order valence-electron chi connectivity index (χ2n) is 5.01. The lowest BCUT2D eigenvalue weighted by Gasteiger charge is -2.36. The summed E-state index contributed by atoms with van der Waals surface area (Å²) in [7, 11) is 3.64. The molecule has 0 aromatic carbocycles. The normalized spacial score (nSPS) is 23.7. The minimum atomic E-state index is -0.0918. The number of piperidine rings is 1. The zero-order valence-electron chi connectivity index (χ0n) is 10.3. The molecule has 0 amide bonds. The predicted octanol–water partition coefficient (Wildman–Crippen LogP) is 0.718. The van der Waals surface area contributed by atoms with Gasteiger partial charge in [-0.25, -0.2) is 0 Å². The van der Waals surface area contributed by atoms with Crippen LogP contribution in [0, 0.1) is 0 Å². The first kappa shape index (κ1) is 11.9. The highest BCUT2D eigenvalue weighted by Gasteiger charge is 2.36. The molecule has 1 saturated heterocycles. The quantitative estimate of drug-likeness (QED) is 0.661. The minimum absolute atomic E-state index is 0.0918. The molecule has 4 heteroatoms. The minimum Gasteiger partial charge on any atom is -0.468 e. The van der Waals surface area contributed by atoms with Crippen LogP contribution in [0.3, 0.4) is 0 Å². The fourth-order valence-corrected chi connectivity index (χ4v) is 2.50. The van der Waals surface area contributed by atoms with E-state index in [1.807, 2.05) is 0 Å². The summed E-state index contributed by atoms with van der Waals surface area (Å²) in [6, 6.07) is 1.23. The van der Waals surface area contributed by atoms with Crippen molar-refractivity contribution in [3.05, 3.63) is 0 Å². The van der Waals surface area contributed by atoms with E-state index < -0.39 is 0 Å². The highest BCUT2D eigenvalue weighted by Crippen LogP contribution is 2.31. The molecule has 0 N–H and O–H groups in total. The number of hydrogen-bond donors (Lipinski definition) is 0. The van der Waals surface area contributed by atoms with Crippen molar-refractivity contribution >= 4 is 5.97 Å². The van der Waals surface area contributed by atoms with E-state index in [4.69, 9.17) is 4.74 Å². The summed E-state index contributed by atoms with van der Waals surface area (Å²) in [4.78, 5) is 16.1. The molecule has 16 heavy (non-hydrogen) atoms. The molecule has 1 aliphatic heterocycles. The summed E-state index contributed by atoms with van der Waals surface area (Å²) >= 11 is 0. The topological polar surface area (TPSA) is 32.8 Å². The van der Waals surface area contributed by atoms with Crippen molar-refractivity contribution in [2.24, 2.45) is 0 Å². The number of carbonyl (C=O) groups excluding carboxylic acids is 1. The molecule has 92 valence electrons. The van der Waals surface area contributed by atoms with Crippen molar-refractivity contribution in [3.8, 4) is 0 Å². The van der Waals surface area contributed by atoms with E-state index >= 15 is 0 Å². The van der Waals surface area contributed by atoms with Gasteiger partial charge in [0.05, 0.1) is 13.7 Å². The molecular formula is C12H22N2O2. The fraction of sp³-hybridized carbons (Fsp3) is 0.917. The number of carbonyl (C=O) groups is 1. The third-order valence-corrected chi connectivity index (χ3v) is 3.71. The van der Waals surface area contributed by atoms with Gasteiger partial charge < -0.3 is 9.64 Å². The maximum absolute atomic E-state index is 11.4. The molecule has 1 heterocycles. The number of esters is 1. The highest BCUT2D eigenvalue weighted by molar-refractivity contribution is 5.71. The standard InChI is InChI=1S/C12H22N2O2/c1-13-7-5-11(6-8-13)14(10-3-4-10)9-12(15)16-2/h10-11H,3-9H2,1-2H3. The van der Waals surface area contributed by atoms with E-state index in [1.54, 1.807) is 0 Å². The second-order valence-corrected chi connectivity index (χ2v) is 5.01. The van der Waals surface area contributed by atoms with Crippen molar-refractivity contribution in [2.45, 2.75) is 37.8 Å². The smallest absolute Gasteiger partial charge is 0.319 e. The Bertz CT molecular complexity index is 245. The Morgan fingerprint density at radius 1 is 1.25 bits per heavy atom. The van der Waals surface area contributed by atoms with Crippen molar-refractivity contribution < 1.29 is 9.53 Å². The zero-order chi connectivity index (χ0) is 11.5. The molecule has 0 spiro atoms. The summed E-state index contributed by atoms with van der Waals surface area (Å²) in [6.07, 6.45) is 4.88. The predicted molar refractivity (Wildman–Crippen MR) is 62.3 cm³/mol. The molecule has 1 aliphatic carbocycles. The highest BCUT2D eigenvalue weighted by atomic mass is 16.5. The average Bonchev–Trinajstić information content (AvgIpc) is 3.11. The van der Waals surface area contributed by atoms with Crippen LogP contribution < -0.4 is 0 Å². The Morgan fingerprint density at radius 3 is 2.31 bits per heavy atom. The largest absolute Gasteiger partial charge is 0.468 e. The zero-order valence-corrected chi connectivity index (χ0v) is 10.3. The summed E-state index contributed by atoms with van der Waals surface area (Å²) in [5, 5.41) is 0. The summed E-state index contributed by atoms with van der Waals surface area (Å²) < 4.78 is 4.78. The van der Waals surface area contributed by atoms with Gasteiger partial charge in [0.25, 0.3) is 0 Å². The number of hydrogen-bond acceptors (Lipinski definition) is 4. The van der Waals surface area contributed by atoms with Crippen LogP contribution >= 0.6 is 0 Å². The van der Waals surface area contributed by atoms with Crippen LogP contribution in [0.2, 0.25) is 0 Å². The summed E-state index contributed by atoms with van der Waals surface area (Å²) in [5.41, 5.74) is 0. The number of rotatable bonds is 4. The van der Waals surface area contributed by atoms with Gasteiger partial charge in [-0.3, -0.25) is 9.69 Å². The molecule has 0 aromatic heterocycles. The second kappa shape index (κ2) is 5.15. The molecule has 0 radical (unpaired) electrons. The monoisotopic (exact) mass is 226 g/mol. The van der Waals surface area contributed by atoms with Crippen LogP contribution in [0.5, 0.6) is 0 Å². The Balaban J connectivity index is 1.88. The van der Waals surface area contributed by atoms with Gasteiger partial charge in [0.1, 0.15) is 0 Å². The lowest BCUT2D eigenvalue weighted by molar-refractivity contribution is -0.143. The van der Waals surface area contributed by atoms with Gasteiger partial charge in [-0.1, -0.05) is 0 Å². The van der Waals surface area contributed by atoms with E-state index in [-0.39, 0.29) is 5.97 Å². The van der Waals surface area contributed by atoms with Gasteiger partial charge in [-0.15, -0.1) is 0 Å². The Morgan fingerprint density at radius 2 is 1.81 bits per heavy atom. The molecule has 1 saturated carbocycles. The van der Waals surface area contributed by atoms with Gasteiger partial charge in [-0.05, 0) is 45.8 Å². The van der Waals surface area contributed by atoms with Crippen molar-refractivity contribution in [1.82, 2.24) is 9.80 Å². The molecule has 0 atom stereocenters. The first-order valence-corrected chi connectivity index (χ1v) is 6.22. The first-order valence-electron chi connectivity index (χ1n) is 6.22. The molecule has 2 fully saturated rings. The molecule has 2 rings (SSSR count). The van der Waals surface area contributed by atoms with E-state index in [1.165, 1.54) is 32.8 Å². The SMILES string of the molecule is COC(=O)CN(C1CC1)C1CCN(C)CC1. The van der Waals surface area contributed by atoms with E-state index in [0.29, 0.717) is 18.6 Å². The van der Waals surface area contributed by atoms with Gasteiger partial charge in [-0.2, -0.15) is 0 Å². The molecule has 0 aromatic rings. The van der Waals surface area contributed by atoms with Crippen LogP contribution in [0.25, 0.3) is 0 Å². The van der Waals surface area contributed by atoms with E-state index in [0.717, 1.165) is 13.1 Å². The van der Waals surface area contributed by atoms with Crippen LogP contribution in [0.1, 0.15) is 25.7 Å². The maximum Gasteiger partial charge on any atom is 0.319 e. The molecule has 0 bridgehead atoms. The molecular weight excluding hydrogens is 204 g/mol. The molecule has 4 nitrogen and oxygen atoms in total. The van der Waals surface area contributed by atoms with E-state index in [9.17, 15) is 4.79 Å². The van der Waals surface area contributed by atoms with Crippen LogP contribution in [0.4, 0.5) is 0 Å². The first-order chi connectivity index (χ1) is 7.70. The maximum atomic E-state index is 11.4. The molecule has 2 aliphatic rings. The number of nitrogens with zero attached hydrogens (tertiary/aromatic N) is 2. The van der Waals surface area contributed by atoms with E-state index in [2.05, 4.69) is 16.8 Å². The number of ether oxygens (including phenoxy) is 1. The Labute approximate surface area is 97.5 Å². The third-order valence-electron chi connectivity index (χ3n) is 3.71. The number of likely N-dealkylation sites (tertiary alicyclic amines) is 1. The third kappa shape index (κ3) is 2.95. The summed E-state index contributed by atoms with van der Waals surface area (Å²) in [6.45, 7) is 2.78. The average molecular weight is 226 g/mol. The number of methoxy groups -OCH3 is 1. The van der Waals surface area contributed by atoms with Crippen LogP contribution in [0.15, 0.2) is 0 Å². The van der Waals surface area contributed by atoms with Crippen molar-refractivity contribution in [2.75, 3.05) is 33.8 Å². The van der Waals surface area contributed by atoms with Crippen molar-refractivity contribution in [3.63, 3.8) is 0 Å². The lowest BCUT2D eigenvalue weighted by atomic mass is 10.0. The summed E-state index contributed by atoms with van der Waals surface area (Å²) in [5.74, 6) is -0.0918. The van der Waals surface area contributed by atoms with Gasteiger partial charge in [0, 0.05) is 12.1 Å². The molecule has 0 unspecified atom stereocenters. The van der Waals surface area contributed by atoms with Crippen LogP contribution in [-0.4, -0.2) is 61.6 Å². The van der Waals surface area contributed by atoms with Crippen LogP contribution in [-0.2, 0) is 9.53 Å².